The first-order valence-corrected chi connectivity index (χ1v) is 7.54. The van der Waals surface area contributed by atoms with Gasteiger partial charge in [-0.3, -0.25) is 19.0 Å². The number of nitrogens with zero attached hydrogens (tertiary/aromatic N) is 4. The molecule has 1 unspecified atom stereocenters. The fraction of sp³-hybridized carbons (Fsp3) is 0.125. The minimum atomic E-state index is -1.18. The lowest BCUT2D eigenvalue weighted by atomic mass is 10.1. The molecule has 26 heavy (non-hydrogen) atoms. The van der Waals surface area contributed by atoms with Gasteiger partial charge in [0, 0.05) is 18.7 Å². The third kappa shape index (κ3) is 3.64. The van der Waals surface area contributed by atoms with Crippen LogP contribution in [0.2, 0.25) is 0 Å². The molecule has 1 atom stereocenters. The summed E-state index contributed by atoms with van der Waals surface area (Å²) in [6.07, 6.45) is 5.59. The third-order valence-electron chi connectivity index (χ3n) is 3.54. The average molecular weight is 354 g/mol. The maximum absolute atomic E-state index is 12.6. The van der Waals surface area contributed by atoms with Crippen molar-refractivity contribution in [2.24, 2.45) is 5.73 Å². The number of hydrogen-bond acceptors (Lipinski definition) is 7. The Hall–Kier alpha value is -3.82. The van der Waals surface area contributed by atoms with Gasteiger partial charge >= 0.3 is 0 Å². The molecular weight excluding hydrogens is 340 g/mol. The molecule has 3 N–H and O–H groups in total. The number of carbonyl (C=O) groups is 3. The summed E-state index contributed by atoms with van der Waals surface area (Å²) in [6.45, 7) is 0. The van der Waals surface area contributed by atoms with Crippen molar-refractivity contribution in [2.45, 2.75) is 12.5 Å². The summed E-state index contributed by atoms with van der Waals surface area (Å²) in [7, 11) is 0. The standard InChI is InChI=1S/C16H14N6O4/c17-15(24)14(23)11(7-10-4-6-26-21-10)20-16(25)12-8-18-9-22(12)13-3-1-2-5-19-13/h1-6,8-9,11H,7H2,(H2,17,24)(H,20,25). The minimum Gasteiger partial charge on any atom is -0.365 e. The van der Waals surface area contributed by atoms with Crippen LogP contribution in [0.3, 0.4) is 0 Å². The van der Waals surface area contributed by atoms with Crippen LogP contribution < -0.4 is 11.1 Å². The van der Waals surface area contributed by atoms with Gasteiger partial charge in [0.25, 0.3) is 11.8 Å². The van der Waals surface area contributed by atoms with E-state index in [9.17, 15) is 14.4 Å². The maximum Gasteiger partial charge on any atom is 0.287 e. The quantitative estimate of drug-likeness (QED) is 0.551. The molecule has 10 nitrogen and oxygen atoms in total. The summed E-state index contributed by atoms with van der Waals surface area (Å²) < 4.78 is 6.15. The van der Waals surface area contributed by atoms with Crippen LogP contribution >= 0.6 is 0 Å². The summed E-state index contributed by atoms with van der Waals surface area (Å²) in [4.78, 5) is 44.0. The van der Waals surface area contributed by atoms with Crippen LogP contribution in [0.1, 0.15) is 16.2 Å². The van der Waals surface area contributed by atoms with Crippen molar-refractivity contribution in [3.63, 3.8) is 0 Å². The summed E-state index contributed by atoms with van der Waals surface area (Å²) >= 11 is 0. The molecule has 0 saturated carbocycles. The molecule has 2 amide bonds. The Morgan fingerprint density at radius 2 is 2.12 bits per heavy atom. The van der Waals surface area contributed by atoms with Crippen molar-refractivity contribution < 1.29 is 18.9 Å². The zero-order chi connectivity index (χ0) is 18.5. The predicted molar refractivity (Wildman–Crippen MR) is 87.0 cm³/mol. The zero-order valence-corrected chi connectivity index (χ0v) is 13.4. The summed E-state index contributed by atoms with van der Waals surface area (Å²) in [6, 6.07) is 5.52. The van der Waals surface area contributed by atoms with Gasteiger partial charge in [-0.25, -0.2) is 9.97 Å². The van der Waals surface area contributed by atoms with Gasteiger partial charge in [-0.2, -0.15) is 0 Å². The predicted octanol–water partition coefficient (Wildman–Crippen LogP) is -0.349. The van der Waals surface area contributed by atoms with Crippen molar-refractivity contribution in [2.75, 3.05) is 0 Å². The van der Waals surface area contributed by atoms with E-state index in [0.29, 0.717) is 11.5 Å². The molecular formula is C16H14N6O4. The Morgan fingerprint density at radius 1 is 1.27 bits per heavy atom. The van der Waals surface area contributed by atoms with Crippen molar-refractivity contribution in [1.82, 2.24) is 25.0 Å². The lowest BCUT2D eigenvalue weighted by Gasteiger charge is -2.15. The van der Waals surface area contributed by atoms with Crippen molar-refractivity contribution in [3.8, 4) is 5.82 Å². The molecule has 0 saturated heterocycles. The number of rotatable bonds is 7. The number of Topliss-reactive ketones (excluding diaryl/α,β-unsaturated/α-hetero) is 1. The SMILES string of the molecule is NC(=O)C(=O)C(Cc1ccon1)NC(=O)c1cncn1-c1ccccn1. The average Bonchev–Trinajstić information content (AvgIpc) is 3.32. The summed E-state index contributed by atoms with van der Waals surface area (Å²) in [5, 5.41) is 6.16. The highest BCUT2D eigenvalue weighted by molar-refractivity contribution is 6.38. The van der Waals surface area contributed by atoms with Gasteiger partial charge in [0.15, 0.2) is 0 Å². The van der Waals surface area contributed by atoms with Crippen LogP contribution in [-0.4, -0.2) is 43.3 Å². The second-order valence-electron chi connectivity index (χ2n) is 5.29. The van der Waals surface area contributed by atoms with Gasteiger partial charge in [0.1, 0.15) is 30.1 Å². The second-order valence-corrected chi connectivity index (χ2v) is 5.29. The van der Waals surface area contributed by atoms with Gasteiger partial charge in [0.2, 0.25) is 5.78 Å². The van der Waals surface area contributed by atoms with E-state index in [0.717, 1.165) is 0 Å². The number of carbonyl (C=O) groups excluding carboxylic acids is 3. The van der Waals surface area contributed by atoms with Gasteiger partial charge < -0.3 is 15.6 Å². The largest absolute Gasteiger partial charge is 0.365 e. The topological polar surface area (TPSA) is 146 Å². The lowest BCUT2D eigenvalue weighted by Crippen LogP contribution is -2.47. The van der Waals surface area contributed by atoms with Gasteiger partial charge in [-0.1, -0.05) is 11.2 Å². The summed E-state index contributed by atoms with van der Waals surface area (Å²) in [5.41, 5.74) is 5.61. The highest BCUT2D eigenvalue weighted by atomic mass is 16.5. The second kappa shape index (κ2) is 7.38. The first-order valence-electron chi connectivity index (χ1n) is 7.54. The van der Waals surface area contributed by atoms with Crippen molar-refractivity contribution in [1.29, 1.82) is 0 Å². The van der Waals surface area contributed by atoms with E-state index < -0.39 is 23.6 Å². The Morgan fingerprint density at radius 3 is 2.77 bits per heavy atom. The molecule has 0 spiro atoms. The van der Waals surface area contributed by atoms with Gasteiger partial charge in [-0.15, -0.1) is 0 Å². The first kappa shape index (κ1) is 17.0. The lowest BCUT2D eigenvalue weighted by molar-refractivity contribution is -0.137. The monoisotopic (exact) mass is 354 g/mol. The molecule has 0 aliphatic carbocycles. The van der Waals surface area contributed by atoms with Crippen LogP contribution in [0.4, 0.5) is 0 Å². The number of aromatic nitrogens is 4. The van der Waals surface area contributed by atoms with Crippen LogP contribution in [-0.2, 0) is 16.0 Å². The fourth-order valence-electron chi connectivity index (χ4n) is 2.31. The Labute approximate surface area is 147 Å². The molecule has 0 aliphatic rings. The zero-order valence-electron chi connectivity index (χ0n) is 13.4. The molecule has 0 aliphatic heterocycles. The van der Waals surface area contributed by atoms with Crippen LogP contribution in [0.15, 0.2) is 53.8 Å². The van der Waals surface area contributed by atoms with E-state index in [1.165, 1.54) is 29.4 Å². The van der Waals surface area contributed by atoms with Gasteiger partial charge in [0.05, 0.1) is 11.9 Å². The number of nitrogens with two attached hydrogens (primary N) is 1. The van der Waals surface area contributed by atoms with Crippen LogP contribution in [0, 0.1) is 0 Å². The van der Waals surface area contributed by atoms with E-state index in [1.807, 2.05) is 0 Å². The number of amides is 2. The molecule has 3 aromatic rings. The van der Waals surface area contributed by atoms with Crippen LogP contribution in [0.25, 0.3) is 5.82 Å². The molecule has 3 rings (SSSR count). The highest BCUT2D eigenvalue weighted by Gasteiger charge is 2.28. The normalized spacial score (nSPS) is 11.7. The van der Waals surface area contributed by atoms with Crippen molar-refractivity contribution >= 4 is 17.6 Å². The van der Waals surface area contributed by atoms with E-state index >= 15 is 0 Å². The minimum absolute atomic E-state index is 0.0399. The highest BCUT2D eigenvalue weighted by Crippen LogP contribution is 2.09. The molecule has 0 bridgehead atoms. The van der Waals surface area contributed by atoms with E-state index in [2.05, 4.69) is 20.4 Å². The molecule has 0 aromatic carbocycles. The maximum atomic E-state index is 12.6. The Bertz CT molecular complexity index is 919. The number of pyridine rings is 1. The Kier molecular flexibility index (Phi) is 4.83. The molecule has 0 radical (unpaired) electrons. The molecule has 0 fully saturated rings. The van der Waals surface area contributed by atoms with Gasteiger partial charge in [-0.05, 0) is 12.1 Å². The first-order chi connectivity index (χ1) is 12.6. The number of ketones is 1. The number of primary amides is 1. The van der Waals surface area contributed by atoms with E-state index in [-0.39, 0.29) is 12.1 Å². The molecule has 132 valence electrons. The molecule has 10 heteroatoms. The Balaban J connectivity index is 1.83. The number of hydrogen-bond donors (Lipinski definition) is 2. The third-order valence-corrected chi connectivity index (χ3v) is 3.54. The van der Waals surface area contributed by atoms with E-state index in [1.54, 1.807) is 24.4 Å². The number of imidazole rings is 1. The van der Waals surface area contributed by atoms with Crippen molar-refractivity contribution in [3.05, 3.63) is 60.6 Å². The van der Waals surface area contributed by atoms with E-state index in [4.69, 9.17) is 10.3 Å². The number of nitrogens with one attached hydrogen (secondary N) is 1. The molecule has 3 heterocycles. The van der Waals surface area contributed by atoms with Crippen LogP contribution in [0.5, 0.6) is 0 Å². The smallest absolute Gasteiger partial charge is 0.287 e. The molecule has 3 aromatic heterocycles. The summed E-state index contributed by atoms with van der Waals surface area (Å²) in [5.74, 6) is -2.23. The fourth-order valence-corrected chi connectivity index (χ4v) is 2.31.